The number of amides is 1. The monoisotopic (exact) mass is 259 g/mol. The van der Waals surface area contributed by atoms with E-state index >= 15 is 0 Å². The number of aryl methyl sites for hydroxylation is 2. The summed E-state index contributed by atoms with van der Waals surface area (Å²) in [6.07, 6.45) is 2.62. The molecule has 0 aliphatic rings. The first-order chi connectivity index (χ1) is 6.54. The summed E-state index contributed by atoms with van der Waals surface area (Å²) in [6, 6.07) is 0. The number of carbonyl (C=O) groups excluding carboxylic acids is 1. The summed E-state index contributed by atoms with van der Waals surface area (Å²) in [5.41, 5.74) is 1.71. The van der Waals surface area contributed by atoms with Crippen molar-refractivity contribution in [1.29, 1.82) is 0 Å². The molecule has 0 aliphatic heterocycles. The van der Waals surface area contributed by atoms with Gasteiger partial charge in [-0.2, -0.15) is 5.10 Å². The average molecular weight is 260 g/mol. The number of aromatic nitrogens is 2. The van der Waals surface area contributed by atoms with Crippen LogP contribution < -0.4 is 5.32 Å². The Balaban J connectivity index is 2.80. The number of nitrogens with one attached hydrogen (secondary N) is 1. The summed E-state index contributed by atoms with van der Waals surface area (Å²) in [6.45, 7) is 3.80. The van der Waals surface area contributed by atoms with Crippen LogP contribution in [0.5, 0.6) is 0 Å². The van der Waals surface area contributed by atoms with Gasteiger partial charge in [0.05, 0.1) is 16.2 Å². The summed E-state index contributed by atoms with van der Waals surface area (Å²) >= 11 is 3.21. The van der Waals surface area contributed by atoms with E-state index < -0.39 is 0 Å². The molecular formula is C9H14BrN3O. The Bertz CT molecular complexity index is 333. The number of halogens is 1. The second kappa shape index (κ2) is 4.59. The Hall–Kier alpha value is -0.840. The minimum absolute atomic E-state index is 0.0484. The van der Waals surface area contributed by atoms with E-state index in [0.29, 0.717) is 0 Å². The fraction of sp³-hybridized carbons (Fsp3) is 0.556. The number of nitrogens with zero attached hydrogens (tertiary/aromatic N) is 2. The van der Waals surface area contributed by atoms with Crippen molar-refractivity contribution < 1.29 is 4.79 Å². The fourth-order valence-electron chi connectivity index (χ4n) is 1.13. The van der Waals surface area contributed by atoms with Gasteiger partial charge >= 0.3 is 0 Å². The molecule has 1 unspecified atom stereocenters. The zero-order valence-electron chi connectivity index (χ0n) is 8.54. The summed E-state index contributed by atoms with van der Waals surface area (Å²) < 4.78 is 1.70. The zero-order chi connectivity index (χ0) is 10.7. The van der Waals surface area contributed by atoms with Crippen LogP contribution in [0.25, 0.3) is 0 Å². The van der Waals surface area contributed by atoms with Gasteiger partial charge in [-0.1, -0.05) is 22.9 Å². The molecule has 0 bridgehead atoms. The SMILES string of the molecule is CCc1nn(C)cc1NC(=O)C(C)Br. The Kier molecular flexibility index (Phi) is 3.69. The molecule has 0 radical (unpaired) electrons. The van der Waals surface area contributed by atoms with Gasteiger partial charge in [-0.3, -0.25) is 9.48 Å². The molecule has 1 heterocycles. The van der Waals surface area contributed by atoms with Gasteiger partial charge < -0.3 is 5.32 Å². The number of alkyl halides is 1. The Labute approximate surface area is 91.8 Å². The fourth-order valence-corrected chi connectivity index (χ4v) is 1.25. The van der Waals surface area contributed by atoms with Gasteiger partial charge in [0, 0.05) is 13.2 Å². The molecule has 0 spiro atoms. The number of rotatable bonds is 3. The van der Waals surface area contributed by atoms with Gasteiger partial charge in [0.1, 0.15) is 0 Å². The van der Waals surface area contributed by atoms with Crippen molar-refractivity contribution >= 4 is 27.5 Å². The van der Waals surface area contributed by atoms with Crippen LogP contribution in [0.4, 0.5) is 5.69 Å². The predicted molar refractivity (Wildman–Crippen MR) is 59.6 cm³/mol. The molecular weight excluding hydrogens is 246 g/mol. The molecule has 1 N–H and O–H groups in total. The minimum Gasteiger partial charge on any atom is -0.322 e. The third kappa shape index (κ3) is 2.57. The molecule has 1 amide bonds. The van der Waals surface area contributed by atoms with Gasteiger partial charge in [0.15, 0.2) is 0 Å². The number of carbonyl (C=O) groups is 1. The number of hydrogen-bond acceptors (Lipinski definition) is 2. The lowest BCUT2D eigenvalue weighted by Crippen LogP contribution is -2.20. The standard InChI is InChI=1S/C9H14BrN3O/c1-4-7-8(5-13(3)12-7)11-9(14)6(2)10/h5-6H,4H2,1-3H3,(H,11,14). The van der Waals surface area contributed by atoms with E-state index in [1.54, 1.807) is 11.6 Å². The van der Waals surface area contributed by atoms with Crippen LogP contribution in [0, 0.1) is 0 Å². The summed E-state index contributed by atoms with van der Waals surface area (Å²) in [7, 11) is 1.84. The molecule has 1 rings (SSSR count). The average Bonchev–Trinajstić information content (AvgIpc) is 2.45. The van der Waals surface area contributed by atoms with E-state index in [9.17, 15) is 4.79 Å². The molecule has 0 saturated carbocycles. The first kappa shape index (κ1) is 11.2. The van der Waals surface area contributed by atoms with Crippen molar-refractivity contribution in [2.24, 2.45) is 7.05 Å². The second-order valence-electron chi connectivity index (χ2n) is 3.12. The highest BCUT2D eigenvalue weighted by atomic mass is 79.9. The minimum atomic E-state index is -0.188. The van der Waals surface area contributed by atoms with Crippen LogP contribution >= 0.6 is 15.9 Å². The summed E-state index contributed by atoms with van der Waals surface area (Å²) in [4.78, 5) is 11.2. The maximum atomic E-state index is 11.4. The normalized spacial score (nSPS) is 12.6. The third-order valence-corrected chi connectivity index (χ3v) is 2.28. The van der Waals surface area contributed by atoms with Gasteiger partial charge in [-0.25, -0.2) is 0 Å². The van der Waals surface area contributed by atoms with Gasteiger partial charge in [0.2, 0.25) is 5.91 Å². The maximum Gasteiger partial charge on any atom is 0.237 e. The van der Waals surface area contributed by atoms with Crippen molar-refractivity contribution in [2.75, 3.05) is 5.32 Å². The largest absolute Gasteiger partial charge is 0.322 e. The van der Waals surface area contributed by atoms with Crippen LogP contribution in [0.15, 0.2) is 6.20 Å². The molecule has 1 atom stereocenters. The summed E-state index contributed by atoms with van der Waals surface area (Å²) in [5, 5.41) is 7.04. The lowest BCUT2D eigenvalue weighted by Gasteiger charge is -2.04. The van der Waals surface area contributed by atoms with Crippen molar-refractivity contribution in [3.63, 3.8) is 0 Å². The highest BCUT2D eigenvalue weighted by molar-refractivity contribution is 9.10. The summed E-state index contributed by atoms with van der Waals surface area (Å²) in [5.74, 6) is -0.0484. The third-order valence-electron chi connectivity index (χ3n) is 1.86. The molecule has 0 fully saturated rings. The molecule has 0 aliphatic carbocycles. The van der Waals surface area contributed by atoms with Gasteiger partial charge in [0.25, 0.3) is 0 Å². The quantitative estimate of drug-likeness (QED) is 0.841. The van der Waals surface area contributed by atoms with E-state index in [4.69, 9.17) is 0 Å². The van der Waals surface area contributed by atoms with E-state index in [1.807, 2.05) is 20.2 Å². The van der Waals surface area contributed by atoms with Crippen molar-refractivity contribution in [3.05, 3.63) is 11.9 Å². The second-order valence-corrected chi connectivity index (χ2v) is 4.50. The van der Waals surface area contributed by atoms with Crippen LogP contribution in [-0.4, -0.2) is 20.5 Å². The van der Waals surface area contributed by atoms with Crippen LogP contribution in [0.1, 0.15) is 19.5 Å². The Morgan fingerprint density at radius 3 is 2.93 bits per heavy atom. The molecule has 0 aromatic carbocycles. The van der Waals surface area contributed by atoms with Crippen molar-refractivity contribution in [3.8, 4) is 0 Å². The first-order valence-corrected chi connectivity index (χ1v) is 5.43. The molecule has 4 nitrogen and oxygen atoms in total. The lowest BCUT2D eigenvalue weighted by molar-refractivity contribution is -0.115. The van der Waals surface area contributed by atoms with E-state index in [1.165, 1.54) is 0 Å². The van der Waals surface area contributed by atoms with Crippen molar-refractivity contribution in [2.45, 2.75) is 25.1 Å². The van der Waals surface area contributed by atoms with E-state index in [0.717, 1.165) is 17.8 Å². The molecule has 5 heteroatoms. The maximum absolute atomic E-state index is 11.4. The Morgan fingerprint density at radius 2 is 2.43 bits per heavy atom. The smallest absolute Gasteiger partial charge is 0.237 e. The van der Waals surface area contributed by atoms with Gasteiger partial charge in [-0.15, -0.1) is 0 Å². The molecule has 0 saturated heterocycles. The lowest BCUT2D eigenvalue weighted by atomic mass is 10.3. The predicted octanol–water partition coefficient (Wildman–Crippen LogP) is 1.70. The molecule has 1 aromatic heterocycles. The molecule has 14 heavy (non-hydrogen) atoms. The van der Waals surface area contributed by atoms with Crippen molar-refractivity contribution in [1.82, 2.24) is 9.78 Å². The van der Waals surface area contributed by atoms with Crippen LogP contribution in [-0.2, 0) is 18.3 Å². The molecule has 1 aromatic rings. The van der Waals surface area contributed by atoms with E-state index in [-0.39, 0.29) is 10.7 Å². The molecule has 78 valence electrons. The topological polar surface area (TPSA) is 46.9 Å². The Morgan fingerprint density at radius 1 is 1.79 bits per heavy atom. The van der Waals surface area contributed by atoms with Gasteiger partial charge in [-0.05, 0) is 13.3 Å². The zero-order valence-corrected chi connectivity index (χ0v) is 10.1. The van der Waals surface area contributed by atoms with E-state index in [2.05, 4.69) is 26.3 Å². The highest BCUT2D eigenvalue weighted by Crippen LogP contribution is 2.14. The first-order valence-electron chi connectivity index (χ1n) is 4.52. The van der Waals surface area contributed by atoms with Crippen LogP contribution in [0.3, 0.4) is 0 Å². The highest BCUT2D eigenvalue weighted by Gasteiger charge is 2.12. The number of anilines is 1. The number of hydrogen-bond donors (Lipinski definition) is 1. The van der Waals surface area contributed by atoms with Crippen LogP contribution in [0.2, 0.25) is 0 Å².